The summed E-state index contributed by atoms with van der Waals surface area (Å²) in [6.07, 6.45) is 3.71. The molecular weight excluding hydrogens is 188 g/mol. The Kier molecular flexibility index (Phi) is 2.72. The maximum atomic E-state index is 5.44. The molecule has 0 aliphatic rings. The third-order valence-electron chi connectivity index (χ3n) is 2.32. The maximum absolute atomic E-state index is 5.44. The number of rotatable bonds is 3. The molecule has 1 heterocycles. The highest BCUT2D eigenvalue weighted by atomic mass is 16.5. The summed E-state index contributed by atoms with van der Waals surface area (Å²) >= 11 is 0. The second-order valence-corrected chi connectivity index (χ2v) is 3.40. The molecule has 0 bridgehead atoms. The van der Waals surface area contributed by atoms with E-state index in [1.807, 2.05) is 31.5 Å². The van der Waals surface area contributed by atoms with Crippen molar-refractivity contribution in [1.29, 1.82) is 0 Å². The van der Waals surface area contributed by atoms with E-state index in [-0.39, 0.29) is 0 Å². The fourth-order valence-electron chi connectivity index (χ4n) is 1.61. The third kappa shape index (κ3) is 2.01. The van der Waals surface area contributed by atoms with Gasteiger partial charge in [0.1, 0.15) is 5.75 Å². The van der Waals surface area contributed by atoms with Crippen molar-refractivity contribution < 1.29 is 4.74 Å². The van der Waals surface area contributed by atoms with Gasteiger partial charge in [-0.1, -0.05) is 6.07 Å². The quantitative estimate of drug-likeness (QED) is 0.831. The third-order valence-corrected chi connectivity index (χ3v) is 2.32. The summed E-state index contributed by atoms with van der Waals surface area (Å²) < 4.78 is 5.44. The molecule has 0 amide bonds. The van der Waals surface area contributed by atoms with E-state index >= 15 is 0 Å². The van der Waals surface area contributed by atoms with E-state index in [1.54, 1.807) is 0 Å². The summed E-state index contributed by atoms with van der Waals surface area (Å²) in [4.78, 5) is 0. The van der Waals surface area contributed by atoms with Crippen LogP contribution in [0.3, 0.4) is 0 Å². The summed E-state index contributed by atoms with van der Waals surface area (Å²) in [5, 5.41) is 6.76. The number of H-pyrrole nitrogens is 1. The molecule has 15 heavy (non-hydrogen) atoms. The lowest BCUT2D eigenvalue weighted by Crippen LogP contribution is -1.92. The van der Waals surface area contributed by atoms with Crippen LogP contribution >= 0.6 is 0 Å². The fraction of sp³-hybridized carbons (Fsp3) is 0.250. The SMILES string of the molecule is CCOc1ccc(-c2cn[nH]c2)c(C)c1. The van der Waals surface area contributed by atoms with Crippen molar-refractivity contribution in [3.63, 3.8) is 0 Å². The van der Waals surface area contributed by atoms with E-state index in [0.717, 1.165) is 11.3 Å². The molecular formula is C12H14N2O. The van der Waals surface area contributed by atoms with Crippen molar-refractivity contribution in [2.75, 3.05) is 6.61 Å². The summed E-state index contributed by atoms with van der Waals surface area (Å²) in [6.45, 7) is 4.76. The minimum atomic E-state index is 0.699. The number of benzene rings is 1. The number of aromatic amines is 1. The first-order chi connectivity index (χ1) is 7.31. The van der Waals surface area contributed by atoms with Crippen LogP contribution in [0.2, 0.25) is 0 Å². The van der Waals surface area contributed by atoms with Crippen molar-refractivity contribution in [1.82, 2.24) is 10.2 Å². The van der Waals surface area contributed by atoms with Gasteiger partial charge in [0.05, 0.1) is 12.8 Å². The molecule has 0 aliphatic heterocycles. The van der Waals surface area contributed by atoms with Gasteiger partial charge in [-0.15, -0.1) is 0 Å². The lowest BCUT2D eigenvalue weighted by Gasteiger charge is -2.07. The second kappa shape index (κ2) is 4.17. The highest BCUT2D eigenvalue weighted by Gasteiger charge is 2.03. The zero-order valence-corrected chi connectivity index (χ0v) is 8.95. The minimum absolute atomic E-state index is 0.699. The average Bonchev–Trinajstić information content (AvgIpc) is 2.71. The Morgan fingerprint density at radius 3 is 2.87 bits per heavy atom. The van der Waals surface area contributed by atoms with Crippen molar-refractivity contribution in [3.8, 4) is 16.9 Å². The van der Waals surface area contributed by atoms with E-state index in [4.69, 9.17) is 4.74 Å². The van der Waals surface area contributed by atoms with Gasteiger partial charge in [0.2, 0.25) is 0 Å². The average molecular weight is 202 g/mol. The predicted octanol–water partition coefficient (Wildman–Crippen LogP) is 2.78. The smallest absolute Gasteiger partial charge is 0.119 e. The first-order valence-corrected chi connectivity index (χ1v) is 5.04. The monoisotopic (exact) mass is 202 g/mol. The number of nitrogens with one attached hydrogen (secondary N) is 1. The van der Waals surface area contributed by atoms with Gasteiger partial charge in [-0.25, -0.2) is 0 Å². The molecule has 0 spiro atoms. The van der Waals surface area contributed by atoms with E-state index < -0.39 is 0 Å². The number of aryl methyl sites for hydroxylation is 1. The van der Waals surface area contributed by atoms with E-state index in [2.05, 4.69) is 23.2 Å². The first kappa shape index (κ1) is 9.77. The van der Waals surface area contributed by atoms with Crippen molar-refractivity contribution in [2.24, 2.45) is 0 Å². The molecule has 1 N–H and O–H groups in total. The zero-order chi connectivity index (χ0) is 10.7. The number of aromatic nitrogens is 2. The standard InChI is InChI=1S/C12H14N2O/c1-3-15-11-4-5-12(9(2)6-11)10-7-13-14-8-10/h4-8H,3H2,1-2H3,(H,13,14). The Morgan fingerprint density at radius 2 is 2.27 bits per heavy atom. The molecule has 2 aromatic rings. The zero-order valence-electron chi connectivity index (χ0n) is 8.95. The van der Waals surface area contributed by atoms with Gasteiger partial charge in [0.15, 0.2) is 0 Å². The van der Waals surface area contributed by atoms with Crippen LogP contribution in [0.4, 0.5) is 0 Å². The van der Waals surface area contributed by atoms with Crippen LogP contribution in [0.15, 0.2) is 30.6 Å². The van der Waals surface area contributed by atoms with Crippen LogP contribution in [-0.4, -0.2) is 16.8 Å². The molecule has 0 unspecified atom stereocenters. The molecule has 0 fully saturated rings. The van der Waals surface area contributed by atoms with Gasteiger partial charge in [-0.2, -0.15) is 5.10 Å². The van der Waals surface area contributed by atoms with E-state index in [1.165, 1.54) is 11.1 Å². The van der Waals surface area contributed by atoms with Crippen LogP contribution in [0.1, 0.15) is 12.5 Å². The molecule has 0 saturated heterocycles. The maximum Gasteiger partial charge on any atom is 0.119 e. The lowest BCUT2D eigenvalue weighted by molar-refractivity contribution is 0.340. The van der Waals surface area contributed by atoms with E-state index in [9.17, 15) is 0 Å². The highest BCUT2D eigenvalue weighted by Crippen LogP contribution is 2.25. The van der Waals surface area contributed by atoms with Crippen LogP contribution in [0.5, 0.6) is 5.75 Å². The van der Waals surface area contributed by atoms with Crippen molar-refractivity contribution in [2.45, 2.75) is 13.8 Å². The topological polar surface area (TPSA) is 37.9 Å². The number of ether oxygens (including phenoxy) is 1. The number of hydrogen-bond donors (Lipinski definition) is 1. The van der Waals surface area contributed by atoms with Gasteiger partial charge in [-0.3, -0.25) is 5.10 Å². The number of hydrogen-bond acceptors (Lipinski definition) is 2. The Balaban J connectivity index is 2.35. The minimum Gasteiger partial charge on any atom is -0.494 e. The van der Waals surface area contributed by atoms with Crippen molar-refractivity contribution >= 4 is 0 Å². The molecule has 0 atom stereocenters. The molecule has 3 heteroatoms. The van der Waals surface area contributed by atoms with Gasteiger partial charge >= 0.3 is 0 Å². The largest absolute Gasteiger partial charge is 0.494 e. The Morgan fingerprint density at radius 1 is 1.40 bits per heavy atom. The second-order valence-electron chi connectivity index (χ2n) is 3.40. The van der Waals surface area contributed by atoms with Crippen LogP contribution in [0.25, 0.3) is 11.1 Å². The summed E-state index contributed by atoms with van der Waals surface area (Å²) in [5.41, 5.74) is 3.49. The predicted molar refractivity (Wildman–Crippen MR) is 59.9 cm³/mol. The van der Waals surface area contributed by atoms with Crippen LogP contribution in [-0.2, 0) is 0 Å². The molecule has 0 radical (unpaired) electrons. The Labute approximate surface area is 89.1 Å². The molecule has 1 aromatic heterocycles. The Hall–Kier alpha value is -1.77. The molecule has 0 saturated carbocycles. The van der Waals surface area contributed by atoms with Crippen LogP contribution in [0, 0.1) is 6.92 Å². The summed E-state index contributed by atoms with van der Waals surface area (Å²) in [7, 11) is 0. The molecule has 0 aliphatic carbocycles. The van der Waals surface area contributed by atoms with Gasteiger partial charge < -0.3 is 4.74 Å². The summed E-state index contributed by atoms with van der Waals surface area (Å²) in [6, 6.07) is 6.09. The van der Waals surface area contributed by atoms with Crippen molar-refractivity contribution in [3.05, 3.63) is 36.2 Å². The molecule has 2 rings (SSSR count). The van der Waals surface area contributed by atoms with Crippen LogP contribution < -0.4 is 4.74 Å². The summed E-state index contributed by atoms with van der Waals surface area (Å²) in [5.74, 6) is 0.919. The lowest BCUT2D eigenvalue weighted by atomic mass is 10.0. The van der Waals surface area contributed by atoms with E-state index in [0.29, 0.717) is 6.61 Å². The molecule has 3 nitrogen and oxygen atoms in total. The Bertz CT molecular complexity index is 435. The molecule has 1 aromatic carbocycles. The normalized spacial score (nSPS) is 10.3. The first-order valence-electron chi connectivity index (χ1n) is 5.04. The highest BCUT2D eigenvalue weighted by molar-refractivity contribution is 5.66. The number of nitrogens with zero attached hydrogens (tertiary/aromatic N) is 1. The van der Waals surface area contributed by atoms with Gasteiger partial charge in [-0.05, 0) is 37.1 Å². The van der Waals surface area contributed by atoms with Gasteiger partial charge in [0, 0.05) is 11.8 Å². The molecule has 78 valence electrons. The van der Waals surface area contributed by atoms with Gasteiger partial charge in [0.25, 0.3) is 0 Å². The fourth-order valence-corrected chi connectivity index (χ4v) is 1.61.